The third-order valence-electron chi connectivity index (χ3n) is 2.01. The Morgan fingerprint density at radius 3 is 2.33 bits per heavy atom. The number of hydrogen-bond acceptors (Lipinski definition) is 3. The minimum absolute atomic E-state index is 0. The summed E-state index contributed by atoms with van der Waals surface area (Å²) in [5.41, 5.74) is 12.9. The van der Waals surface area contributed by atoms with E-state index in [2.05, 4.69) is 31.9 Å². The lowest BCUT2D eigenvalue weighted by molar-refractivity contribution is 0.164. The van der Waals surface area contributed by atoms with Gasteiger partial charge in [0.25, 0.3) is 0 Å². The van der Waals surface area contributed by atoms with E-state index in [1.54, 1.807) is 6.92 Å². The average molecular weight is 360 g/mol. The SMILES string of the molecule is C[C@@H](O)[C@@H](N)c1cc(Br)cc(Br)c1N.Cl. The molecule has 0 saturated heterocycles. The summed E-state index contributed by atoms with van der Waals surface area (Å²) in [7, 11) is 0. The van der Waals surface area contributed by atoms with E-state index in [4.69, 9.17) is 11.5 Å². The Hall–Kier alpha value is 0.190. The first-order valence-corrected chi connectivity index (χ1v) is 5.70. The van der Waals surface area contributed by atoms with Gasteiger partial charge in [-0.2, -0.15) is 0 Å². The Morgan fingerprint density at radius 1 is 1.33 bits per heavy atom. The molecule has 0 aromatic heterocycles. The molecule has 0 spiro atoms. The van der Waals surface area contributed by atoms with Crippen LogP contribution in [0.5, 0.6) is 0 Å². The smallest absolute Gasteiger partial charge is 0.0705 e. The first kappa shape index (κ1) is 15.2. The first-order chi connectivity index (χ1) is 6.43. The molecule has 1 aromatic carbocycles. The van der Waals surface area contributed by atoms with Crippen molar-refractivity contribution in [3.63, 3.8) is 0 Å². The molecule has 0 aliphatic carbocycles. The summed E-state index contributed by atoms with van der Waals surface area (Å²) in [6.07, 6.45) is -0.626. The van der Waals surface area contributed by atoms with Gasteiger partial charge in [-0.05, 0) is 40.5 Å². The second kappa shape index (κ2) is 6.06. The fourth-order valence-electron chi connectivity index (χ4n) is 1.14. The van der Waals surface area contributed by atoms with Gasteiger partial charge in [0.1, 0.15) is 0 Å². The van der Waals surface area contributed by atoms with Crippen molar-refractivity contribution in [2.45, 2.75) is 19.1 Å². The van der Waals surface area contributed by atoms with Crippen molar-refractivity contribution in [3.8, 4) is 0 Å². The zero-order valence-electron chi connectivity index (χ0n) is 8.08. The molecule has 5 N–H and O–H groups in total. The van der Waals surface area contributed by atoms with E-state index in [1.165, 1.54) is 0 Å². The van der Waals surface area contributed by atoms with Crippen LogP contribution < -0.4 is 11.5 Å². The molecule has 15 heavy (non-hydrogen) atoms. The summed E-state index contributed by atoms with van der Waals surface area (Å²) in [6, 6.07) is 3.19. The highest BCUT2D eigenvalue weighted by atomic mass is 79.9. The minimum atomic E-state index is -0.626. The maximum absolute atomic E-state index is 9.37. The third-order valence-corrected chi connectivity index (χ3v) is 3.12. The molecule has 1 aromatic rings. The lowest BCUT2D eigenvalue weighted by atomic mass is 10.0. The van der Waals surface area contributed by atoms with Crippen LogP contribution in [0.15, 0.2) is 21.1 Å². The lowest BCUT2D eigenvalue weighted by Gasteiger charge is -2.18. The number of hydrogen-bond donors (Lipinski definition) is 3. The van der Waals surface area contributed by atoms with Gasteiger partial charge in [-0.3, -0.25) is 0 Å². The van der Waals surface area contributed by atoms with Crippen LogP contribution in [-0.2, 0) is 0 Å². The molecule has 0 unspecified atom stereocenters. The Balaban J connectivity index is 0.00000196. The van der Waals surface area contributed by atoms with Crippen molar-refractivity contribution in [2.24, 2.45) is 5.73 Å². The van der Waals surface area contributed by atoms with Crippen LogP contribution in [-0.4, -0.2) is 11.2 Å². The maximum atomic E-state index is 9.37. The largest absolute Gasteiger partial charge is 0.398 e. The predicted octanol–water partition coefficient (Wildman–Crippen LogP) is 2.60. The van der Waals surface area contributed by atoms with Crippen LogP contribution in [0.2, 0.25) is 0 Å². The number of nitrogens with two attached hydrogens (primary N) is 2. The number of rotatable bonds is 2. The highest BCUT2D eigenvalue weighted by Gasteiger charge is 2.16. The molecular formula is C9H13Br2ClN2O. The summed E-state index contributed by atoms with van der Waals surface area (Å²) in [6.45, 7) is 1.64. The summed E-state index contributed by atoms with van der Waals surface area (Å²) >= 11 is 6.66. The van der Waals surface area contributed by atoms with Gasteiger partial charge in [0.2, 0.25) is 0 Å². The minimum Gasteiger partial charge on any atom is -0.398 e. The standard InChI is InChI=1S/C9H12Br2N2O.ClH/c1-4(14)8(12)6-2-5(10)3-7(11)9(6)13;/h2-4,8,14H,12-13H2,1H3;1H/t4-,8-;/m1./s1. The molecule has 2 atom stereocenters. The van der Waals surface area contributed by atoms with E-state index in [9.17, 15) is 5.11 Å². The van der Waals surface area contributed by atoms with E-state index in [-0.39, 0.29) is 12.4 Å². The van der Waals surface area contributed by atoms with E-state index in [0.717, 1.165) is 14.5 Å². The second-order valence-corrected chi connectivity index (χ2v) is 4.93. The van der Waals surface area contributed by atoms with E-state index in [0.29, 0.717) is 5.69 Å². The van der Waals surface area contributed by atoms with Crippen LogP contribution in [0.3, 0.4) is 0 Å². The molecule has 0 fully saturated rings. The fraction of sp³-hybridized carbons (Fsp3) is 0.333. The summed E-state index contributed by atoms with van der Waals surface area (Å²) < 4.78 is 1.66. The number of halogens is 3. The van der Waals surface area contributed by atoms with Crippen molar-refractivity contribution < 1.29 is 5.11 Å². The van der Waals surface area contributed by atoms with Gasteiger partial charge in [0.05, 0.1) is 17.8 Å². The zero-order valence-corrected chi connectivity index (χ0v) is 12.1. The average Bonchev–Trinajstić information content (AvgIpc) is 2.09. The van der Waals surface area contributed by atoms with E-state index >= 15 is 0 Å². The third kappa shape index (κ3) is 3.60. The molecule has 0 amide bonds. The molecule has 0 aliphatic rings. The molecule has 0 bridgehead atoms. The van der Waals surface area contributed by atoms with Gasteiger partial charge in [-0.15, -0.1) is 12.4 Å². The van der Waals surface area contributed by atoms with Crippen molar-refractivity contribution >= 4 is 50.0 Å². The molecular weight excluding hydrogens is 347 g/mol. The monoisotopic (exact) mass is 358 g/mol. The molecule has 0 radical (unpaired) electrons. The van der Waals surface area contributed by atoms with E-state index in [1.807, 2.05) is 12.1 Å². The van der Waals surface area contributed by atoms with E-state index < -0.39 is 12.1 Å². The number of nitrogen functional groups attached to an aromatic ring is 1. The molecule has 86 valence electrons. The molecule has 3 nitrogen and oxygen atoms in total. The quantitative estimate of drug-likeness (QED) is 0.710. The Morgan fingerprint density at radius 2 is 1.87 bits per heavy atom. The topological polar surface area (TPSA) is 72.3 Å². The van der Waals surface area contributed by atoms with Gasteiger partial charge in [-0.25, -0.2) is 0 Å². The van der Waals surface area contributed by atoms with Crippen molar-refractivity contribution in [2.75, 3.05) is 5.73 Å². The van der Waals surface area contributed by atoms with Crippen LogP contribution >= 0.6 is 44.3 Å². The zero-order chi connectivity index (χ0) is 10.9. The fourth-order valence-corrected chi connectivity index (χ4v) is 2.40. The maximum Gasteiger partial charge on any atom is 0.0705 e. The highest BCUT2D eigenvalue weighted by molar-refractivity contribution is 9.11. The first-order valence-electron chi connectivity index (χ1n) is 4.11. The van der Waals surface area contributed by atoms with Crippen LogP contribution in [0.4, 0.5) is 5.69 Å². The molecule has 0 heterocycles. The molecule has 0 aliphatic heterocycles. The Labute approximate surface area is 112 Å². The number of aliphatic hydroxyl groups excluding tert-OH is 1. The Kier molecular flexibility index (Phi) is 6.13. The van der Waals surface area contributed by atoms with Gasteiger partial charge < -0.3 is 16.6 Å². The van der Waals surface area contributed by atoms with Crippen molar-refractivity contribution in [3.05, 3.63) is 26.6 Å². The van der Waals surface area contributed by atoms with Gasteiger partial charge in [0.15, 0.2) is 0 Å². The molecule has 6 heteroatoms. The Bertz CT molecular complexity index is 347. The van der Waals surface area contributed by atoms with Gasteiger partial charge in [0, 0.05) is 8.95 Å². The number of anilines is 1. The summed E-state index contributed by atoms with van der Waals surface area (Å²) in [4.78, 5) is 0. The highest BCUT2D eigenvalue weighted by Crippen LogP contribution is 2.32. The predicted molar refractivity (Wildman–Crippen MR) is 72.1 cm³/mol. The van der Waals surface area contributed by atoms with Crippen molar-refractivity contribution in [1.82, 2.24) is 0 Å². The number of aliphatic hydroxyl groups is 1. The summed E-state index contributed by atoms with van der Waals surface area (Å²) in [5, 5.41) is 9.37. The van der Waals surface area contributed by atoms with Gasteiger partial charge in [-0.1, -0.05) is 15.9 Å². The molecule has 1 rings (SSSR count). The summed E-state index contributed by atoms with van der Waals surface area (Å²) in [5.74, 6) is 0. The lowest BCUT2D eigenvalue weighted by Crippen LogP contribution is -2.24. The van der Waals surface area contributed by atoms with Crippen LogP contribution in [0.25, 0.3) is 0 Å². The van der Waals surface area contributed by atoms with Crippen LogP contribution in [0, 0.1) is 0 Å². The van der Waals surface area contributed by atoms with Gasteiger partial charge >= 0.3 is 0 Å². The second-order valence-electron chi connectivity index (χ2n) is 3.16. The number of benzene rings is 1. The molecule has 0 saturated carbocycles. The normalized spacial score (nSPS) is 14.2. The van der Waals surface area contributed by atoms with Crippen LogP contribution in [0.1, 0.15) is 18.5 Å². The van der Waals surface area contributed by atoms with Crippen molar-refractivity contribution in [1.29, 1.82) is 0 Å².